The minimum atomic E-state index is -3.93. The van der Waals surface area contributed by atoms with Crippen molar-refractivity contribution in [3.8, 4) is 0 Å². The molecule has 1 aromatic rings. The summed E-state index contributed by atoms with van der Waals surface area (Å²) < 4.78 is 29.3. The van der Waals surface area contributed by atoms with E-state index in [2.05, 4.69) is 41.6 Å². The predicted octanol–water partition coefficient (Wildman–Crippen LogP) is 5.78. The molecular formula is C31H42N4O3S. The van der Waals surface area contributed by atoms with Crippen molar-refractivity contribution in [2.75, 3.05) is 37.4 Å². The van der Waals surface area contributed by atoms with Crippen molar-refractivity contribution >= 4 is 27.3 Å². The summed E-state index contributed by atoms with van der Waals surface area (Å²) in [4.78, 5) is 21.8. The number of amides is 1. The number of nitrogens with zero attached hydrogens (tertiary/aromatic N) is 3. The highest BCUT2D eigenvalue weighted by atomic mass is 32.2. The quantitative estimate of drug-likeness (QED) is 0.379. The van der Waals surface area contributed by atoms with E-state index in [1.54, 1.807) is 30.3 Å². The summed E-state index contributed by atoms with van der Waals surface area (Å²) in [6.07, 6.45) is 11.8. The molecule has 0 bridgehead atoms. The number of piperazine rings is 1. The lowest BCUT2D eigenvalue weighted by Gasteiger charge is -2.36. The second-order valence-corrected chi connectivity index (χ2v) is 12.4. The first-order valence-electron chi connectivity index (χ1n) is 14.2. The molecule has 1 N–H and O–H groups in total. The molecule has 1 unspecified atom stereocenters. The number of sulfonamides is 1. The Bertz CT molecular complexity index is 1270. The summed E-state index contributed by atoms with van der Waals surface area (Å²) in [6, 6.07) is 6.64. The van der Waals surface area contributed by atoms with Gasteiger partial charge < -0.3 is 4.90 Å². The smallest absolute Gasteiger partial charge is 0.264 e. The van der Waals surface area contributed by atoms with Crippen molar-refractivity contribution in [2.24, 2.45) is 16.8 Å². The molecule has 8 heteroatoms. The molecule has 0 aromatic heterocycles. The summed E-state index contributed by atoms with van der Waals surface area (Å²) >= 11 is 0. The number of anilines is 1. The number of carbonyl (C=O) groups is 1. The Morgan fingerprint density at radius 2 is 1.82 bits per heavy atom. The molecule has 1 aromatic carbocycles. The summed E-state index contributed by atoms with van der Waals surface area (Å²) in [5, 5.41) is 0. The number of hydrogen-bond acceptors (Lipinski definition) is 5. The lowest BCUT2D eigenvalue weighted by atomic mass is 9.75. The third kappa shape index (κ3) is 6.79. The Morgan fingerprint density at radius 3 is 2.38 bits per heavy atom. The van der Waals surface area contributed by atoms with Crippen LogP contribution in [-0.4, -0.2) is 62.6 Å². The van der Waals surface area contributed by atoms with Crippen molar-refractivity contribution in [1.29, 1.82) is 0 Å². The zero-order valence-corrected chi connectivity index (χ0v) is 24.2. The minimum absolute atomic E-state index is 0.0231. The number of hydrogen-bond donors (Lipinski definition) is 1. The maximum atomic E-state index is 13.3. The lowest BCUT2D eigenvalue weighted by molar-refractivity contribution is 0.0613. The number of benzene rings is 1. The molecule has 210 valence electrons. The molecule has 1 heterocycles. The van der Waals surface area contributed by atoms with Crippen LogP contribution in [-0.2, 0) is 10.0 Å². The lowest BCUT2D eigenvalue weighted by Crippen LogP contribution is -2.49. The standard InChI is InChI=1S/C31H42N4O3S/c1-5-9-24(6-2)22-34-18-20-35(21-19-34)31(36)26-12-14-27(15-13-26)33-39(37,38)29-17-16-28(25-10-8-11-25)23(4)30(29)32-7-3/h7,12-17,24-25,33H,3-6,8-11,18-22H2,1-2H3/b32-30+. The Hall–Kier alpha value is -2.97. The third-order valence-corrected chi connectivity index (χ3v) is 9.58. The van der Waals surface area contributed by atoms with Crippen molar-refractivity contribution in [3.05, 3.63) is 77.4 Å². The highest BCUT2D eigenvalue weighted by Crippen LogP contribution is 2.40. The molecule has 39 heavy (non-hydrogen) atoms. The highest BCUT2D eigenvalue weighted by molar-refractivity contribution is 7.97. The van der Waals surface area contributed by atoms with Crippen LogP contribution in [0.25, 0.3) is 0 Å². The van der Waals surface area contributed by atoms with Crippen LogP contribution >= 0.6 is 0 Å². The van der Waals surface area contributed by atoms with E-state index < -0.39 is 10.0 Å². The summed E-state index contributed by atoms with van der Waals surface area (Å²) in [7, 11) is -3.93. The van der Waals surface area contributed by atoms with E-state index in [0.29, 0.717) is 41.5 Å². The fraction of sp³-hybridized carbons (Fsp3) is 0.484. The first-order valence-corrected chi connectivity index (χ1v) is 15.7. The zero-order valence-electron chi connectivity index (χ0n) is 23.4. The van der Waals surface area contributed by atoms with E-state index in [0.717, 1.165) is 44.0 Å². The van der Waals surface area contributed by atoms with E-state index >= 15 is 0 Å². The molecule has 0 spiro atoms. The van der Waals surface area contributed by atoms with Gasteiger partial charge in [-0.05, 0) is 72.6 Å². The molecule has 4 rings (SSSR count). The van der Waals surface area contributed by atoms with Gasteiger partial charge in [-0.15, -0.1) is 0 Å². The van der Waals surface area contributed by atoms with Gasteiger partial charge in [0.1, 0.15) is 4.91 Å². The fourth-order valence-corrected chi connectivity index (χ4v) is 6.82. The van der Waals surface area contributed by atoms with Gasteiger partial charge in [0.15, 0.2) is 0 Å². The normalized spacial score (nSPS) is 20.7. The maximum absolute atomic E-state index is 13.3. The summed E-state index contributed by atoms with van der Waals surface area (Å²) in [5.74, 6) is 1.10. The Balaban J connectivity index is 1.39. The van der Waals surface area contributed by atoms with Gasteiger partial charge in [0, 0.05) is 50.2 Å². The molecule has 3 aliphatic rings. The van der Waals surface area contributed by atoms with Crippen molar-refractivity contribution in [3.63, 3.8) is 0 Å². The Morgan fingerprint density at radius 1 is 1.13 bits per heavy atom. The molecule has 2 fully saturated rings. The molecule has 1 amide bonds. The number of nitrogens with one attached hydrogen (secondary N) is 1. The maximum Gasteiger partial charge on any atom is 0.264 e. The molecule has 1 saturated carbocycles. The second kappa shape index (κ2) is 12.9. The number of rotatable bonds is 11. The molecule has 0 radical (unpaired) electrons. The van der Waals surface area contributed by atoms with Gasteiger partial charge in [0.2, 0.25) is 0 Å². The average Bonchev–Trinajstić information content (AvgIpc) is 2.90. The highest BCUT2D eigenvalue weighted by Gasteiger charge is 2.33. The van der Waals surface area contributed by atoms with Crippen molar-refractivity contribution in [2.45, 2.75) is 52.4 Å². The van der Waals surface area contributed by atoms with Gasteiger partial charge in [-0.2, -0.15) is 0 Å². The van der Waals surface area contributed by atoms with Gasteiger partial charge in [0.25, 0.3) is 15.9 Å². The van der Waals surface area contributed by atoms with E-state index in [9.17, 15) is 13.2 Å². The van der Waals surface area contributed by atoms with Crippen molar-refractivity contribution < 1.29 is 13.2 Å². The van der Waals surface area contributed by atoms with Gasteiger partial charge in [-0.1, -0.05) is 52.3 Å². The Labute approximate surface area is 234 Å². The first kappa shape index (κ1) is 29.0. The van der Waals surface area contributed by atoms with Crippen LogP contribution < -0.4 is 4.72 Å². The average molecular weight is 551 g/mol. The zero-order chi connectivity index (χ0) is 28.0. The van der Waals surface area contributed by atoms with Crippen LogP contribution in [0.15, 0.2) is 76.8 Å². The number of carbonyl (C=O) groups excluding carboxylic acids is 1. The summed E-state index contributed by atoms with van der Waals surface area (Å²) in [5.41, 5.74) is 2.95. The van der Waals surface area contributed by atoms with Crippen LogP contribution in [0.4, 0.5) is 5.69 Å². The first-order chi connectivity index (χ1) is 18.8. The van der Waals surface area contributed by atoms with Gasteiger partial charge in [-0.25, -0.2) is 8.42 Å². The minimum Gasteiger partial charge on any atom is -0.336 e. The fourth-order valence-electron chi connectivity index (χ4n) is 5.59. The molecule has 1 aliphatic heterocycles. The van der Waals surface area contributed by atoms with Crippen LogP contribution in [0.2, 0.25) is 0 Å². The van der Waals surface area contributed by atoms with E-state index in [1.165, 1.54) is 31.9 Å². The second-order valence-electron chi connectivity index (χ2n) is 10.8. The topological polar surface area (TPSA) is 82.1 Å². The number of allylic oxidation sites excluding steroid dienone is 5. The van der Waals surface area contributed by atoms with Crippen LogP contribution in [0.3, 0.4) is 0 Å². The van der Waals surface area contributed by atoms with E-state index in [4.69, 9.17) is 0 Å². The third-order valence-electron chi connectivity index (χ3n) is 8.17. The predicted molar refractivity (Wildman–Crippen MR) is 160 cm³/mol. The van der Waals surface area contributed by atoms with Crippen LogP contribution in [0, 0.1) is 11.8 Å². The Kier molecular flexibility index (Phi) is 9.62. The monoisotopic (exact) mass is 550 g/mol. The van der Waals surface area contributed by atoms with Gasteiger partial charge >= 0.3 is 0 Å². The molecule has 7 nitrogen and oxygen atoms in total. The van der Waals surface area contributed by atoms with E-state index in [1.807, 2.05) is 11.0 Å². The largest absolute Gasteiger partial charge is 0.336 e. The molecule has 1 atom stereocenters. The summed E-state index contributed by atoms with van der Waals surface area (Å²) in [6.45, 7) is 16.6. The van der Waals surface area contributed by atoms with Gasteiger partial charge in [-0.3, -0.25) is 19.4 Å². The molecular weight excluding hydrogens is 508 g/mol. The van der Waals surface area contributed by atoms with Crippen LogP contribution in [0.5, 0.6) is 0 Å². The van der Waals surface area contributed by atoms with Gasteiger partial charge in [0.05, 0.1) is 5.71 Å². The van der Waals surface area contributed by atoms with Crippen LogP contribution in [0.1, 0.15) is 62.7 Å². The van der Waals surface area contributed by atoms with Crippen molar-refractivity contribution in [1.82, 2.24) is 9.80 Å². The van der Waals surface area contributed by atoms with E-state index in [-0.39, 0.29) is 10.8 Å². The molecule has 1 saturated heterocycles. The SMILES string of the molecule is C=C/N=C1\C(=C)C(C2CCC2)=CC=C1S(=O)(=O)Nc1ccc(C(=O)N2CCN(CC(CC)CCC)CC2)cc1. The molecule has 2 aliphatic carbocycles. The number of aliphatic imine (C=N–C) groups is 1.